The average molecular weight is 397 g/mol. The molecule has 154 valence electrons. The smallest absolute Gasteiger partial charge is 0.0720 e. The van der Waals surface area contributed by atoms with Gasteiger partial charge in [-0.3, -0.25) is 5.01 Å². The Labute approximate surface area is 181 Å². The van der Waals surface area contributed by atoms with E-state index in [4.69, 9.17) is 0 Å². The maximum atomic E-state index is 3.71. The summed E-state index contributed by atoms with van der Waals surface area (Å²) in [5.74, 6) is 0.545. The molecule has 3 aromatic rings. The third-order valence-electron chi connectivity index (χ3n) is 5.86. The Kier molecular flexibility index (Phi) is 5.53. The molecule has 0 radical (unpaired) electrons. The van der Waals surface area contributed by atoms with Crippen molar-refractivity contribution >= 4 is 11.4 Å². The highest BCUT2D eigenvalue weighted by Crippen LogP contribution is 2.35. The van der Waals surface area contributed by atoms with Crippen LogP contribution in [0.5, 0.6) is 0 Å². The Hall–Kier alpha value is -2.84. The number of rotatable bonds is 4. The minimum atomic E-state index is 0.142. The summed E-state index contributed by atoms with van der Waals surface area (Å²) in [4.78, 5) is 0. The van der Waals surface area contributed by atoms with Gasteiger partial charge >= 0.3 is 0 Å². The fourth-order valence-corrected chi connectivity index (χ4v) is 3.89. The topological polar surface area (TPSA) is 15.3 Å². The van der Waals surface area contributed by atoms with Gasteiger partial charge < -0.3 is 0 Å². The Morgan fingerprint density at radius 3 is 2.00 bits per heavy atom. The van der Waals surface area contributed by atoms with E-state index >= 15 is 0 Å². The summed E-state index contributed by atoms with van der Waals surface area (Å²) in [5, 5.41) is 2.22. The second-order valence-electron chi connectivity index (χ2n) is 9.48. The van der Waals surface area contributed by atoms with E-state index < -0.39 is 0 Å². The monoisotopic (exact) mass is 396 g/mol. The molecule has 0 saturated carbocycles. The third kappa shape index (κ3) is 4.20. The lowest BCUT2D eigenvalue weighted by Crippen LogP contribution is -2.33. The van der Waals surface area contributed by atoms with Crippen molar-refractivity contribution in [3.63, 3.8) is 0 Å². The van der Waals surface area contributed by atoms with Crippen LogP contribution in [0.4, 0.5) is 5.69 Å². The predicted molar refractivity (Wildman–Crippen MR) is 128 cm³/mol. The molecule has 0 fully saturated rings. The summed E-state index contributed by atoms with van der Waals surface area (Å²) >= 11 is 0. The van der Waals surface area contributed by atoms with E-state index in [0.717, 1.165) is 5.69 Å². The average Bonchev–Trinajstić information content (AvgIpc) is 3.19. The first-order valence-corrected chi connectivity index (χ1v) is 10.9. The van der Waals surface area contributed by atoms with Gasteiger partial charge in [0.25, 0.3) is 0 Å². The van der Waals surface area contributed by atoms with Crippen molar-refractivity contribution in [2.45, 2.75) is 52.0 Å². The van der Waals surface area contributed by atoms with Crippen LogP contribution in [-0.2, 0) is 5.41 Å². The summed E-state index contributed by atoms with van der Waals surface area (Å²) in [6, 6.07) is 28.7. The zero-order valence-electron chi connectivity index (χ0n) is 18.7. The van der Waals surface area contributed by atoms with Gasteiger partial charge in [-0.2, -0.15) is 0 Å². The van der Waals surface area contributed by atoms with Crippen molar-refractivity contribution in [2.75, 3.05) is 5.01 Å². The first-order chi connectivity index (χ1) is 14.3. The van der Waals surface area contributed by atoms with E-state index in [2.05, 4.69) is 130 Å². The van der Waals surface area contributed by atoms with Crippen LogP contribution in [0.2, 0.25) is 0 Å². The van der Waals surface area contributed by atoms with Gasteiger partial charge in [0.1, 0.15) is 0 Å². The lowest BCUT2D eigenvalue weighted by Gasteiger charge is -2.25. The summed E-state index contributed by atoms with van der Waals surface area (Å²) in [6.07, 6.45) is 2.34. The molecule has 2 nitrogen and oxygen atoms in total. The van der Waals surface area contributed by atoms with Crippen LogP contribution in [0.25, 0.3) is 5.70 Å². The lowest BCUT2D eigenvalue weighted by atomic mass is 9.86. The fourth-order valence-electron chi connectivity index (χ4n) is 3.89. The van der Waals surface area contributed by atoms with Gasteiger partial charge in [0.05, 0.1) is 17.4 Å². The zero-order valence-corrected chi connectivity index (χ0v) is 18.7. The van der Waals surface area contributed by atoms with Gasteiger partial charge in [0.15, 0.2) is 0 Å². The molecule has 3 aromatic carbocycles. The van der Waals surface area contributed by atoms with Gasteiger partial charge in [0.2, 0.25) is 0 Å². The van der Waals surface area contributed by atoms with Crippen molar-refractivity contribution in [2.24, 2.45) is 0 Å². The van der Waals surface area contributed by atoms with Gasteiger partial charge in [-0.05, 0) is 51.8 Å². The fraction of sp³-hybridized carbons (Fsp3) is 0.286. The molecule has 1 aliphatic rings. The van der Waals surface area contributed by atoms with Crippen LogP contribution < -0.4 is 10.4 Å². The van der Waals surface area contributed by atoms with Gasteiger partial charge in [-0.25, -0.2) is 5.43 Å². The Morgan fingerprint density at radius 1 is 0.800 bits per heavy atom. The van der Waals surface area contributed by atoms with Crippen molar-refractivity contribution in [3.8, 4) is 0 Å². The number of hydrazine groups is 1. The summed E-state index contributed by atoms with van der Waals surface area (Å²) in [5.41, 5.74) is 11.4. The maximum Gasteiger partial charge on any atom is 0.0720 e. The molecule has 0 aliphatic carbocycles. The highest BCUT2D eigenvalue weighted by Gasteiger charge is 2.26. The molecule has 0 bridgehead atoms. The number of anilines is 1. The van der Waals surface area contributed by atoms with Gasteiger partial charge in [-0.1, -0.05) is 101 Å². The van der Waals surface area contributed by atoms with Gasteiger partial charge in [-0.15, -0.1) is 0 Å². The molecule has 0 spiro atoms. The van der Waals surface area contributed by atoms with E-state index in [0.29, 0.717) is 5.92 Å². The van der Waals surface area contributed by atoms with Crippen LogP contribution in [-0.4, -0.2) is 0 Å². The third-order valence-corrected chi connectivity index (χ3v) is 5.86. The van der Waals surface area contributed by atoms with Crippen molar-refractivity contribution in [3.05, 3.63) is 107 Å². The van der Waals surface area contributed by atoms with Crippen LogP contribution in [0.3, 0.4) is 0 Å². The molecule has 0 saturated heterocycles. The van der Waals surface area contributed by atoms with E-state index in [9.17, 15) is 0 Å². The molecule has 0 aromatic heterocycles. The SMILES string of the molecule is CC(C)c1ccc(C2C=C(c3ccc(C(C)(C)C)cc3)N(c3ccccc3)N2)cc1. The molecule has 4 rings (SSSR count). The minimum absolute atomic E-state index is 0.142. The highest BCUT2D eigenvalue weighted by molar-refractivity contribution is 5.81. The van der Waals surface area contributed by atoms with Crippen LogP contribution in [0, 0.1) is 0 Å². The summed E-state index contributed by atoms with van der Waals surface area (Å²) in [6.45, 7) is 11.2. The second kappa shape index (κ2) is 8.12. The van der Waals surface area contributed by atoms with Crippen molar-refractivity contribution in [1.29, 1.82) is 0 Å². The number of hydrogen-bond donors (Lipinski definition) is 1. The number of nitrogens with one attached hydrogen (secondary N) is 1. The largest absolute Gasteiger partial charge is 0.276 e. The maximum absolute atomic E-state index is 3.71. The lowest BCUT2D eigenvalue weighted by molar-refractivity contribution is 0.590. The molecule has 1 atom stereocenters. The Balaban J connectivity index is 1.70. The molecule has 1 unspecified atom stereocenters. The molecule has 0 amide bonds. The van der Waals surface area contributed by atoms with E-state index in [1.165, 1.54) is 28.0 Å². The molecule has 1 N–H and O–H groups in total. The second-order valence-corrected chi connectivity index (χ2v) is 9.48. The summed E-state index contributed by atoms with van der Waals surface area (Å²) < 4.78 is 0. The Morgan fingerprint density at radius 2 is 1.43 bits per heavy atom. The Bertz CT molecular complexity index is 1010. The zero-order chi connectivity index (χ0) is 21.3. The molecule has 1 heterocycles. The van der Waals surface area contributed by atoms with E-state index in [1.807, 2.05) is 0 Å². The number of para-hydroxylation sites is 1. The standard InChI is InChI=1S/C28H32N2/c1-20(2)21-11-13-22(14-12-21)26-19-27(30(29-26)25-9-7-6-8-10-25)23-15-17-24(18-16-23)28(3,4)5/h6-20,26,29H,1-5H3. The highest BCUT2D eigenvalue weighted by atomic mass is 15.5. The predicted octanol–water partition coefficient (Wildman–Crippen LogP) is 7.21. The number of nitrogens with zero attached hydrogens (tertiary/aromatic N) is 1. The molecule has 30 heavy (non-hydrogen) atoms. The summed E-state index contributed by atoms with van der Waals surface area (Å²) in [7, 11) is 0. The van der Waals surface area contributed by atoms with Crippen LogP contribution >= 0.6 is 0 Å². The normalized spacial score (nSPS) is 16.8. The molecule has 2 heteroatoms. The van der Waals surface area contributed by atoms with Crippen molar-refractivity contribution < 1.29 is 0 Å². The first kappa shape index (κ1) is 20.4. The van der Waals surface area contributed by atoms with Gasteiger partial charge in [0, 0.05) is 0 Å². The van der Waals surface area contributed by atoms with Crippen LogP contribution in [0.1, 0.15) is 68.8 Å². The first-order valence-electron chi connectivity index (χ1n) is 10.9. The molecule has 1 aliphatic heterocycles. The molecular weight excluding hydrogens is 364 g/mol. The van der Waals surface area contributed by atoms with Crippen molar-refractivity contribution in [1.82, 2.24) is 5.43 Å². The quantitative estimate of drug-likeness (QED) is 0.501. The van der Waals surface area contributed by atoms with Crippen LogP contribution in [0.15, 0.2) is 84.9 Å². The number of benzene rings is 3. The minimum Gasteiger partial charge on any atom is -0.276 e. The van der Waals surface area contributed by atoms with E-state index in [1.54, 1.807) is 0 Å². The molecular formula is C28H32N2. The number of hydrogen-bond acceptors (Lipinski definition) is 2. The van der Waals surface area contributed by atoms with E-state index in [-0.39, 0.29) is 11.5 Å².